The highest BCUT2D eigenvalue weighted by molar-refractivity contribution is 8.00. The minimum absolute atomic E-state index is 0.0702. The number of ether oxygens (including phenoxy) is 1. The molecule has 2 aliphatic rings. The SMILES string of the molecule is O=C(OC(c1ccccc1)c1ccccc1)C1=C(CO)CSC2[C@H](N=Cc3ccccc3O)C(=O)N12. The van der Waals surface area contributed by atoms with Crippen LogP contribution in [0.25, 0.3) is 0 Å². The Bertz CT molecular complexity index is 1290. The van der Waals surface area contributed by atoms with E-state index in [1.807, 2.05) is 60.7 Å². The number of nitrogens with zero attached hydrogens (tertiary/aromatic N) is 2. The molecule has 2 N–H and O–H groups in total. The first-order valence-corrected chi connectivity index (χ1v) is 12.5. The number of β-lactam (4-membered cyclic amide) rings is 1. The molecule has 0 bridgehead atoms. The minimum Gasteiger partial charge on any atom is -0.507 e. The Labute approximate surface area is 212 Å². The summed E-state index contributed by atoms with van der Waals surface area (Å²) in [5.41, 5.74) is 2.62. The topological polar surface area (TPSA) is 99.4 Å². The lowest BCUT2D eigenvalue weighted by molar-refractivity contribution is -0.153. The fraction of sp³-hybridized carbons (Fsp3) is 0.179. The van der Waals surface area contributed by atoms with Gasteiger partial charge in [0.2, 0.25) is 0 Å². The molecule has 0 aromatic heterocycles. The van der Waals surface area contributed by atoms with Gasteiger partial charge in [0.05, 0.1) is 6.61 Å². The molecule has 36 heavy (non-hydrogen) atoms. The van der Waals surface area contributed by atoms with Gasteiger partial charge in [-0.3, -0.25) is 14.7 Å². The van der Waals surface area contributed by atoms with Gasteiger partial charge >= 0.3 is 5.97 Å². The monoisotopic (exact) mass is 500 g/mol. The van der Waals surface area contributed by atoms with Gasteiger partial charge in [-0.25, -0.2) is 4.79 Å². The molecule has 7 nitrogen and oxygen atoms in total. The Hall–Kier alpha value is -3.88. The summed E-state index contributed by atoms with van der Waals surface area (Å²) < 4.78 is 5.99. The van der Waals surface area contributed by atoms with Crippen LogP contribution in [0.4, 0.5) is 0 Å². The van der Waals surface area contributed by atoms with E-state index in [0.29, 0.717) is 16.9 Å². The van der Waals surface area contributed by atoms with Crippen molar-refractivity contribution in [2.24, 2.45) is 4.99 Å². The Morgan fingerprint density at radius 3 is 2.25 bits per heavy atom. The van der Waals surface area contributed by atoms with Crippen molar-refractivity contribution in [2.75, 3.05) is 12.4 Å². The third kappa shape index (κ3) is 4.53. The molecular weight excluding hydrogens is 476 g/mol. The maximum atomic E-state index is 13.5. The number of benzene rings is 3. The molecule has 2 atom stereocenters. The summed E-state index contributed by atoms with van der Waals surface area (Å²) in [6.45, 7) is -0.360. The van der Waals surface area contributed by atoms with Crippen LogP contribution in [-0.2, 0) is 14.3 Å². The van der Waals surface area contributed by atoms with E-state index in [1.165, 1.54) is 22.9 Å². The second-order valence-electron chi connectivity index (χ2n) is 8.41. The zero-order valence-electron chi connectivity index (χ0n) is 19.2. The van der Waals surface area contributed by atoms with E-state index >= 15 is 0 Å². The largest absolute Gasteiger partial charge is 0.507 e. The van der Waals surface area contributed by atoms with Gasteiger partial charge in [-0.15, -0.1) is 11.8 Å². The number of thioether (sulfide) groups is 1. The Morgan fingerprint density at radius 1 is 1.03 bits per heavy atom. The van der Waals surface area contributed by atoms with Gasteiger partial charge in [0.1, 0.15) is 16.8 Å². The number of amides is 1. The lowest BCUT2D eigenvalue weighted by atomic mass is 10.0. The van der Waals surface area contributed by atoms with E-state index in [2.05, 4.69) is 4.99 Å². The Kier molecular flexibility index (Phi) is 6.88. The summed E-state index contributed by atoms with van der Waals surface area (Å²) >= 11 is 1.43. The van der Waals surface area contributed by atoms with Crippen LogP contribution in [0.5, 0.6) is 5.75 Å². The summed E-state index contributed by atoms with van der Waals surface area (Å²) in [6, 6.07) is 24.8. The highest BCUT2D eigenvalue weighted by Crippen LogP contribution is 2.42. The van der Waals surface area contributed by atoms with Gasteiger partial charge in [0.25, 0.3) is 5.91 Å². The number of carbonyl (C=O) groups excluding carboxylic acids is 2. The maximum absolute atomic E-state index is 13.5. The number of para-hydroxylation sites is 1. The van der Waals surface area contributed by atoms with Crippen LogP contribution in [0.15, 0.2) is 101 Å². The fourth-order valence-corrected chi connectivity index (χ4v) is 5.61. The summed E-state index contributed by atoms with van der Waals surface area (Å²) in [5, 5.41) is 19.5. The molecule has 5 rings (SSSR count). The predicted octanol–water partition coefficient (Wildman–Crippen LogP) is 3.67. The van der Waals surface area contributed by atoms with Crippen molar-refractivity contribution in [2.45, 2.75) is 17.5 Å². The van der Waals surface area contributed by atoms with Crippen LogP contribution < -0.4 is 0 Å². The fourth-order valence-electron chi connectivity index (χ4n) is 4.28. The van der Waals surface area contributed by atoms with Crippen molar-refractivity contribution < 1.29 is 24.5 Å². The number of carbonyl (C=O) groups is 2. The number of phenols is 1. The van der Waals surface area contributed by atoms with E-state index in [4.69, 9.17) is 4.74 Å². The number of phenolic OH excluding ortho intramolecular Hbond substituents is 1. The second-order valence-corrected chi connectivity index (χ2v) is 9.51. The number of aliphatic hydroxyl groups excluding tert-OH is 1. The van der Waals surface area contributed by atoms with Gasteiger partial charge < -0.3 is 14.9 Å². The zero-order valence-corrected chi connectivity index (χ0v) is 20.0. The molecule has 0 saturated carbocycles. The smallest absolute Gasteiger partial charge is 0.356 e. The molecule has 3 aromatic rings. The predicted molar refractivity (Wildman–Crippen MR) is 138 cm³/mol. The van der Waals surface area contributed by atoms with E-state index < -0.39 is 23.5 Å². The lowest BCUT2D eigenvalue weighted by Crippen LogP contribution is -2.64. The van der Waals surface area contributed by atoms with Crippen LogP contribution in [-0.4, -0.2) is 57.0 Å². The molecule has 182 valence electrons. The maximum Gasteiger partial charge on any atom is 0.356 e. The molecule has 0 spiro atoms. The van der Waals surface area contributed by atoms with Crippen LogP contribution in [0.3, 0.4) is 0 Å². The number of hydrogen-bond donors (Lipinski definition) is 2. The Morgan fingerprint density at radius 2 is 1.64 bits per heavy atom. The molecule has 1 amide bonds. The highest BCUT2D eigenvalue weighted by atomic mass is 32.2. The van der Waals surface area contributed by atoms with Crippen LogP contribution >= 0.6 is 11.8 Å². The highest BCUT2D eigenvalue weighted by Gasteiger charge is 2.54. The summed E-state index contributed by atoms with van der Waals surface area (Å²) in [7, 11) is 0. The molecule has 1 saturated heterocycles. The second kappa shape index (κ2) is 10.4. The van der Waals surface area contributed by atoms with Crippen molar-refractivity contribution in [3.63, 3.8) is 0 Å². The zero-order chi connectivity index (χ0) is 25.1. The molecule has 2 aliphatic heterocycles. The van der Waals surface area contributed by atoms with E-state index in [-0.39, 0.29) is 24.0 Å². The third-order valence-electron chi connectivity index (χ3n) is 6.14. The van der Waals surface area contributed by atoms with E-state index in [1.54, 1.807) is 24.3 Å². The number of hydrogen-bond acceptors (Lipinski definition) is 7. The van der Waals surface area contributed by atoms with Crippen molar-refractivity contribution in [1.29, 1.82) is 0 Å². The van der Waals surface area contributed by atoms with Crippen LogP contribution in [0, 0.1) is 0 Å². The van der Waals surface area contributed by atoms with Crippen molar-refractivity contribution in [3.05, 3.63) is 113 Å². The first-order valence-electron chi connectivity index (χ1n) is 11.5. The van der Waals surface area contributed by atoms with Gasteiger partial charge in [0.15, 0.2) is 12.1 Å². The average molecular weight is 501 g/mol. The number of rotatable bonds is 7. The molecule has 2 heterocycles. The summed E-state index contributed by atoms with van der Waals surface area (Å²) in [5.74, 6) is -0.577. The molecule has 8 heteroatoms. The number of aliphatic imine (C=N–C) groups is 1. The van der Waals surface area contributed by atoms with Gasteiger partial charge in [0, 0.05) is 17.5 Å². The molecule has 3 aromatic carbocycles. The summed E-state index contributed by atoms with van der Waals surface area (Å²) in [4.78, 5) is 32.4. The van der Waals surface area contributed by atoms with E-state index in [0.717, 1.165) is 11.1 Å². The average Bonchev–Trinajstić information content (AvgIpc) is 2.92. The molecular formula is C28H24N2O5S. The van der Waals surface area contributed by atoms with E-state index in [9.17, 15) is 19.8 Å². The molecule has 1 unspecified atom stereocenters. The van der Waals surface area contributed by atoms with Gasteiger partial charge in [-0.1, -0.05) is 72.8 Å². The first-order chi connectivity index (χ1) is 17.6. The van der Waals surface area contributed by atoms with Gasteiger partial charge in [-0.05, 0) is 28.8 Å². The molecule has 0 aliphatic carbocycles. The standard InChI is InChI=1S/C28H24N2O5S/c31-16-21-17-36-27-23(29-15-20-13-7-8-14-22(20)32)26(33)30(27)24(21)28(34)35-25(18-9-3-1-4-10-18)19-11-5-2-6-12-19/h1-15,23,25,27,31-32H,16-17H2/t23-,27?/m1/s1. The van der Waals surface area contributed by atoms with Gasteiger partial charge in [-0.2, -0.15) is 0 Å². The Balaban J connectivity index is 1.41. The van der Waals surface area contributed by atoms with Crippen LogP contribution in [0.2, 0.25) is 0 Å². The summed E-state index contributed by atoms with van der Waals surface area (Å²) in [6.07, 6.45) is 0.798. The number of aromatic hydroxyl groups is 1. The molecule has 1 fully saturated rings. The third-order valence-corrected chi connectivity index (χ3v) is 7.47. The van der Waals surface area contributed by atoms with Crippen molar-refractivity contribution >= 4 is 29.9 Å². The van der Waals surface area contributed by atoms with Crippen LogP contribution in [0.1, 0.15) is 22.8 Å². The van der Waals surface area contributed by atoms with Crippen molar-refractivity contribution in [1.82, 2.24) is 4.90 Å². The minimum atomic E-state index is -0.698. The number of esters is 1. The number of fused-ring (bicyclic) bond motifs is 1. The lowest BCUT2D eigenvalue weighted by Gasteiger charge is -2.48. The normalized spacial score (nSPS) is 19.4. The molecule has 0 radical (unpaired) electrons. The first kappa shape index (κ1) is 23.8. The van der Waals surface area contributed by atoms with Crippen molar-refractivity contribution in [3.8, 4) is 5.75 Å². The number of aliphatic hydroxyl groups is 1. The quantitative estimate of drug-likeness (QED) is 0.292.